The first-order chi connectivity index (χ1) is 17.9. The second kappa shape index (κ2) is 8.88. The zero-order valence-corrected chi connectivity index (χ0v) is 20.7. The van der Waals surface area contributed by atoms with Crippen LogP contribution in [0.1, 0.15) is 41.0 Å². The van der Waals surface area contributed by atoms with Crippen LogP contribution in [0.15, 0.2) is 95.7 Å². The number of aromatic nitrogens is 3. The third-order valence-corrected chi connectivity index (χ3v) is 9.74. The summed E-state index contributed by atoms with van der Waals surface area (Å²) in [4.78, 5) is 18.7. The largest absolute Gasteiger partial charge is 0.291 e. The van der Waals surface area contributed by atoms with Gasteiger partial charge in [0.2, 0.25) is 0 Å². The zero-order valence-electron chi connectivity index (χ0n) is 19.9. The number of carbonyl (C=O) groups is 1. The third-order valence-electron chi connectivity index (χ3n) is 7.53. The van der Waals surface area contributed by atoms with Crippen molar-refractivity contribution >= 4 is 21.7 Å². The van der Waals surface area contributed by atoms with E-state index < -0.39 is 20.5 Å². The molecule has 6 rings (SSSR count). The molecule has 2 aromatic carbocycles. The molecule has 0 amide bonds. The van der Waals surface area contributed by atoms with E-state index in [0.29, 0.717) is 30.6 Å². The van der Waals surface area contributed by atoms with Gasteiger partial charge in [-0.2, -0.15) is 5.10 Å². The molecule has 0 radical (unpaired) electrons. The van der Waals surface area contributed by atoms with Gasteiger partial charge >= 0.3 is 0 Å². The number of rotatable bonds is 5. The molecule has 6 nitrogen and oxygen atoms in total. The van der Waals surface area contributed by atoms with E-state index >= 15 is 0 Å². The van der Waals surface area contributed by atoms with E-state index in [1.54, 1.807) is 77.7 Å². The molecular weight excluding hydrogens is 489 g/mol. The number of fused-ring (bicyclic) bond motifs is 2. The molecular formula is C29H24FN3O3S. The Morgan fingerprint density at radius 1 is 1.00 bits per heavy atom. The van der Waals surface area contributed by atoms with E-state index in [1.165, 1.54) is 12.1 Å². The van der Waals surface area contributed by atoms with Gasteiger partial charge in [-0.15, -0.1) is 0 Å². The summed E-state index contributed by atoms with van der Waals surface area (Å²) in [5.41, 5.74) is 2.55. The molecule has 4 aromatic rings. The Bertz CT molecular complexity index is 1610. The molecule has 2 aromatic heterocycles. The second-order valence-corrected chi connectivity index (χ2v) is 11.9. The molecule has 0 unspecified atom stereocenters. The molecule has 0 N–H and O–H groups in total. The predicted octanol–water partition coefficient (Wildman–Crippen LogP) is 5.24. The first-order valence-electron chi connectivity index (χ1n) is 12.2. The van der Waals surface area contributed by atoms with Crippen molar-refractivity contribution in [3.63, 3.8) is 0 Å². The third kappa shape index (κ3) is 3.92. The Kier molecular flexibility index (Phi) is 5.64. The van der Waals surface area contributed by atoms with Crippen molar-refractivity contribution in [2.24, 2.45) is 5.41 Å². The van der Waals surface area contributed by atoms with Gasteiger partial charge in [0.05, 0.1) is 33.1 Å². The van der Waals surface area contributed by atoms with E-state index in [2.05, 4.69) is 10.1 Å². The number of sulfone groups is 1. The van der Waals surface area contributed by atoms with E-state index in [0.717, 1.165) is 16.8 Å². The van der Waals surface area contributed by atoms with E-state index in [9.17, 15) is 17.6 Å². The lowest BCUT2D eigenvalue weighted by molar-refractivity contribution is 0.0796. The van der Waals surface area contributed by atoms with Crippen LogP contribution in [0.5, 0.6) is 0 Å². The highest BCUT2D eigenvalue weighted by molar-refractivity contribution is 7.92. The molecule has 0 spiro atoms. The molecule has 0 saturated heterocycles. The number of allylic oxidation sites excluding steroid dienone is 1. The van der Waals surface area contributed by atoms with Gasteiger partial charge in [-0.25, -0.2) is 17.5 Å². The predicted molar refractivity (Wildman–Crippen MR) is 137 cm³/mol. The highest BCUT2D eigenvalue weighted by atomic mass is 32.2. The van der Waals surface area contributed by atoms with Gasteiger partial charge in [-0.1, -0.05) is 29.8 Å². The Morgan fingerprint density at radius 2 is 1.76 bits per heavy atom. The summed E-state index contributed by atoms with van der Waals surface area (Å²) in [6.07, 6.45) is 6.65. The summed E-state index contributed by atoms with van der Waals surface area (Å²) in [5.74, 6) is -0.506. The second-order valence-electron chi connectivity index (χ2n) is 9.64. The first kappa shape index (κ1) is 23.5. The van der Waals surface area contributed by atoms with E-state index in [1.807, 2.05) is 6.08 Å². The van der Waals surface area contributed by atoms with Crippen molar-refractivity contribution in [1.82, 2.24) is 14.8 Å². The Hall–Kier alpha value is -3.91. The smallest absolute Gasteiger partial charge is 0.191 e. The van der Waals surface area contributed by atoms with Crippen LogP contribution in [-0.4, -0.2) is 34.2 Å². The van der Waals surface area contributed by atoms with Gasteiger partial charge in [-0.05, 0) is 85.9 Å². The lowest BCUT2D eigenvalue weighted by Crippen LogP contribution is -2.45. The van der Waals surface area contributed by atoms with Crippen molar-refractivity contribution < 1.29 is 17.6 Å². The number of hydrogen-bond acceptors (Lipinski definition) is 5. The first-order valence-corrected chi connectivity index (χ1v) is 13.7. The summed E-state index contributed by atoms with van der Waals surface area (Å²) in [6, 6.07) is 19.7. The highest BCUT2D eigenvalue weighted by Crippen LogP contribution is 2.51. The molecule has 1 saturated carbocycles. The number of Topliss-reactive ketones (excluding diaryl/α,β-unsaturated/α-hetero) is 1. The van der Waals surface area contributed by atoms with Gasteiger partial charge in [0.1, 0.15) is 11.5 Å². The molecule has 2 aliphatic rings. The van der Waals surface area contributed by atoms with Crippen LogP contribution in [0.2, 0.25) is 0 Å². The van der Waals surface area contributed by atoms with Crippen LogP contribution in [0.3, 0.4) is 0 Å². The molecule has 1 fully saturated rings. The van der Waals surface area contributed by atoms with Crippen LogP contribution in [0.25, 0.3) is 11.8 Å². The minimum Gasteiger partial charge on any atom is -0.291 e. The van der Waals surface area contributed by atoms with Gasteiger partial charge in [-0.3, -0.25) is 9.78 Å². The summed E-state index contributed by atoms with van der Waals surface area (Å²) < 4.78 is 42.5. The Morgan fingerprint density at radius 3 is 2.49 bits per heavy atom. The standard InChI is InChI=1S/C29H24FN3O3S/c30-22-10-12-23(13-11-22)33-27-16-21-9-14-25(37(35,36)24-6-2-1-3-7-24)18-29(21,17-20(27)19-32-33)28(34)26-8-4-5-15-31-26/h1-8,10-13,15-16,19,25H,9,14,17-18H2/t25-,29+/m1/s1. The fraction of sp³-hybridized carbons (Fsp3) is 0.207. The minimum absolute atomic E-state index is 0.173. The molecule has 8 heteroatoms. The maximum Gasteiger partial charge on any atom is 0.191 e. The van der Waals surface area contributed by atoms with Crippen LogP contribution < -0.4 is 0 Å². The fourth-order valence-corrected chi connectivity index (χ4v) is 7.52. The van der Waals surface area contributed by atoms with Crippen LogP contribution in [-0.2, 0) is 16.3 Å². The van der Waals surface area contributed by atoms with Gasteiger partial charge in [0.15, 0.2) is 15.6 Å². The molecule has 186 valence electrons. The number of nitrogens with zero attached hydrogens (tertiary/aromatic N) is 3. The molecule has 2 atom stereocenters. The number of pyridine rings is 1. The van der Waals surface area contributed by atoms with E-state index in [4.69, 9.17) is 0 Å². The summed E-state index contributed by atoms with van der Waals surface area (Å²) in [6.45, 7) is 0. The highest BCUT2D eigenvalue weighted by Gasteiger charge is 2.52. The average molecular weight is 514 g/mol. The maximum absolute atomic E-state index is 14.1. The molecule has 0 bridgehead atoms. The SMILES string of the molecule is O=C(c1ccccn1)[C@]12Cc3cnn(-c4ccc(F)cc4)c3C=C1CC[C@@H](S(=O)(=O)c1ccccc1)C2. The maximum atomic E-state index is 14.1. The summed E-state index contributed by atoms with van der Waals surface area (Å²) in [5, 5.41) is 3.84. The normalized spacial score (nSPS) is 21.0. The van der Waals surface area contributed by atoms with Crippen molar-refractivity contribution in [3.8, 4) is 5.69 Å². The quantitative estimate of drug-likeness (QED) is 0.341. The van der Waals surface area contributed by atoms with Crippen LogP contribution in [0, 0.1) is 11.2 Å². The zero-order chi connectivity index (χ0) is 25.6. The van der Waals surface area contributed by atoms with Crippen molar-refractivity contribution in [1.29, 1.82) is 0 Å². The lowest BCUT2D eigenvalue weighted by atomic mass is 9.61. The number of halogens is 1. The molecule has 37 heavy (non-hydrogen) atoms. The number of carbonyl (C=O) groups excluding carboxylic acids is 1. The van der Waals surface area contributed by atoms with Gasteiger partial charge in [0, 0.05) is 6.20 Å². The number of benzene rings is 2. The molecule has 2 heterocycles. The fourth-order valence-electron chi connectivity index (χ4n) is 5.66. The van der Waals surface area contributed by atoms with E-state index in [-0.39, 0.29) is 22.9 Å². The Labute approximate surface area is 214 Å². The summed E-state index contributed by atoms with van der Waals surface area (Å²) in [7, 11) is -3.64. The van der Waals surface area contributed by atoms with Crippen molar-refractivity contribution in [3.05, 3.63) is 114 Å². The molecule has 0 aliphatic heterocycles. The van der Waals surface area contributed by atoms with Gasteiger partial charge < -0.3 is 0 Å². The number of hydrogen-bond donors (Lipinski definition) is 0. The number of ketones is 1. The lowest BCUT2D eigenvalue weighted by Gasteiger charge is -2.43. The van der Waals surface area contributed by atoms with Crippen LogP contribution >= 0.6 is 0 Å². The van der Waals surface area contributed by atoms with Crippen LogP contribution in [0.4, 0.5) is 4.39 Å². The minimum atomic E-state index is -3.64. The average Bonchev–Trinajstić information content (AvgIpc) is 3.34. The topological polar surface area (TPSA) is 81.9 Å². The molecule has 2 aliphatic carbocycles. The van der Waals surface area contributed by atoms with Crippen molar-refractivity contribution in [2.45, 2.75) is 35.8 Å². The van der Waals surface area contributed by atoms with Crippen molar-refractivity contribution in [2.75, 3.05) is 0 Å². The summed E-state index contributed by atoms with van der Waals surface area (Å²) >= 11 is 0. The van der Waals surface area contributed by atoms with Gasteiger partial charge in [0.25, 0.3) is 0 Å². The Balaban J connectivity index is 1.46. The monoisotopic (exact) mass is 513 g/mol.